The maximum absolute atomic E-state index is 13.6. The molecule has 0 saturated heterocycles. The van der Waals surface area contributed by atoms with E-state index in [-0.39, 0.29) is 11.9 Å². The molecule has 0 N–H and O–H groups in total. The van der Waals surface area contributed by atoms with Gasteiger partial charge in [0.2, 0.25) is 5.91 Å². The van der Waals surface area contributed by atoms with Gasteiger partial charge in [-0.1, -0.05) is 64.5 Å². The van der Waals surface area contributed by atoms with Crippen LogP contribution < -0.4 is 4.90 Å². The molecule has 4 aromatic rings. The molecular weight excluding hydrogens is 412 g/mol. The summed E-state index contributed by atoms with van der Waals surface area (Å²) in [6.07, 6.45) is 1.99. The Balaban J connectivity index is 1.69. The lowest BCUT2D eigenvalue weighted by Crippen LogP contribution is -2.35. The fraction of sp³-hybridized carbons (Fsp3) is 0.125. The highest BCUT2D eigenvalue weighted by Crippen LogP contribution is 2.27. The van der Waals surface area contributed by atoms with E-state index < -0.39 is 0 Å². The predicted octanol–water partition coefficient (Wildman–Crippen LogP) is 6.20. The molecular formula is C24H21BrN2O. The van der Waals surface area contributed by atoms with E-state index in [2.05, 4.69) is 34.1 Å². The molecule has 4 rings (SSSR count). The standard InChI is InChI=1S/C24H21BrN2O/c1-18(26-15-14-20-16-21(25)12-13-23(20)26)24(28)27(22-10-6-3-7-11-22)17-19-8-4-2-5-9-19/h2-16,18H,17H2,1H3. The van der Waals surface area contributed by atoms with Gasteiger partial charge in [0, 0.05) is 27.3 Å². The molecule has 3 aromatic carbocycles. The highest BCUT2D eigenvalue weighted by molar-refractivity contribution is 9.10. The average Bonchev–Trinajstić information content (AvgIpc) is 3.15. The quantitative estimate of drug-likeness (QED) is 0.368. The molecule has 1 heterocycles. The lowest BCUT2D eigenvalue weighted by molar-refractivity contribution is -0.121. The molecule has 1 aromatic heterocycles. The Morgan fingerprint density at radius 2 is 1.64 bits per heavy atom. The van der Waals surface area contributed by atoms with Crippen LogP contribution in [0.15, 0.2) is 95.6 Å². The van der Waals surface area contributed by atoms with Crippen molar-refractivity contribution in [3.8, 4) is 0 Å². The van der Waals surface area contributed by atoms with Gasteiger partial charge in [-0.25, -0.2) is 0 Å². The summed E-state index contributed by atoms with van der Waals surface area (Å²) in [5.41, 5.74) is 3.06. The lowest BCUT2D eigenvalue weighted by Gasteiger charge is -2.27. The number of benzene rings is 3. The number of halogens is 1. The summed E-state index contributed by atoms with van der Waals surface area (Å²) in [6.45, 7) is 2.50. The van der Waals surface area contributed by atoms with Gasteiger partial charge in [-0.2, -0.15) is 0 Å². The number of anilines is 1. The number of amides is 1. The number of hydrogen-bond acceptors (Lipinski definition) is 1. The van der Waals surface area contributed by atoms with Crippen LogP contribution in [0.25, 0.3) is 10.9 Å². The monoisotopic (exact) mass is 432 g/mol. The molecule has 0 radical (unpaired) electrons. The van der Waals surface area contributed by atoms with E-state index in [9.17, 15) is 4.79 Å². The molecule has 3 nitrogen and oxygen atoms in total. The Morgan fingerprint density at radius 3 is 2.36 bits per heavy atom. The summed E-state index contributed by atoms with van der Waals surface area (Å²) in [5, 5.41) is 1.11. The Kier molecular flexibility index (Phi) is 5.31. The van der Waals surface area contributed by atoms with Crippen molar-refractivity contribution in [2.45, 2.75) is 19.5 Å². The van der Waals surface area contributed by atoms with E-state index >= 15 is 0 Å². The topological polar surface area (TPSA) is 25.2 Å². The van der Waals surface area contributed by atoms with Gasteiger partial charge in [-0.3, -0.25) is 4.79 Å². The highest BCUT2D eigenvalue weighted by atomic mass is 79.9. The minimum absolute atomic E-state index is 0.0653. The minimum Gasteiger partial charge on any atom is -0.335 e. The molecule has 0 spiro atoms. The second-order valence-electron chi connectivity index (χ2n) is 6.85. The van der Waals surface area contributed by atoms with Gasteiger partial charge in [0.05, 0.1) is 6.54 Å². The Bertz CT molecular complexity index is 1090. The molecule has 0 aliphatic carbocycles. The zero-order valence-electron chi connectivity index (χ0n) is 15.6. The van der Waals surface area contributed by atoms with Crippen molar-refractivity contribution >= 4 is 38.4 Å². The van der Waals surface area contributed by atoms with Gasteiger partial charge in [0.1, 0.15) is 6.04 Å². The summed E-state index contributed by atoms with van der Waals surface area (Å²) in [6, 6.07) is 27.8. The minimum atomic E-state index is -0.317. The van der Waals surface area contributed by atoms with Crippen molar-refractivity contribution < 1.29 is 4.79 Å². The van der Waals surface area contributed by atoms with Crippen LogP contribution in [0.4, 0.5) is 5.69 Å². The normalized spacial score (nSPS) is 12.1. The van der Waals surface area contributed by atoms with Crippen molar-refractivity contribution in [3.05, 3.63) is 101 Å². The number of fused-ring (bicyclic) bond motifs is 1. The molecule has 0 aliphatic rings. The van der Waals surface area contributed by atoms with Crippen LogP contribution in [-0.4, -0.2) is 10.5 Å². The molecule has 0 aliphatic heterocycles. The summed E-state index contributed by atoms with van der Waals surface area (Å²) in [4.78, 5) is 15.4. The fourth-order valence-electron chi connectivity index (χ4n) is 3.49. The SMILES string of the molecule is CC(C(=O)N(Cc1ccccc1)c1ccccc1)n1ccc2cc(Br)ccc21. The van der Waals surface area contributed by atoms with Crippen LogP contribution in [0, 0.1) is 0 Å². The Morgan fingerprint density at radius 1 is 0.964 bits per heavy atom. The summed E-state index contributed by atoms with van der Waals surface area (Å²) < 4.78 is 3.08. The first kappa shape index (κ1) is 18.5. The second kappa shape index (κ2) is 8.03. The van der Waals surface area contributed by atoms with E-state index in [4.69, 9.17) is 0 Å². The smallest absolute Gasteiger partial charge is 0.250 e. The number of hydrogen-bond donors (Lipinski definition) is 0. The van der Waals surface area contributed by atoms with Gasteiger partial charge >= 0.3 is 0 Å². The van der Waals surface area contributed by atoms with Crippen LogP contribution in [0.5, 0.6) is 0 Å². The third-order valence-corrected chi connectivity index (χ3v) is 5.47. The van der Waals surface area contributed by atoms with E-state index in [1.54, 1.807) is 0 Å². The van der Waals surface area contributed by atoms with Gasteiger partial charge in [0.25, 0.3) is 0 Å². The Hall–Kier alpha value is -2.85. The predicted molar refractivity (Wildman–Crippen MR) is 118 cm³/mol. The maximum Gasteiger partial charge on any atom is 0.250 e. The number of aromatic nitrogens is 1. The molecule has 0 fully saturated rings. The second-order valence-corrected chi connectivity index (χ2v) is 7.76. The fourth-order valence-corrected chi connectivity index (χ4v) is 3.87. The molecule has 1 atom stereocenters. The van der Waals surface area contributed by atoms with Crippen molar-refractivity contribution in [2.75, 3.05) is 4.90 Å². The molecule has 4 heteroatoms. The molecule has 1 amide bonds. The van der Waals surface area contributed by atoms with Crippen molar-refractivity contribution in [1.82, 2.24) is 4.57 Å². The highest BCUT2D eigenvalue weighted by Gasteiger charge is 2.24. The third kappa shape index (κ3) is 3.73. The number of nitrogens with zero attached hydrogens (tertiary/aromatic N) is 2. The first-order chi connectivity index (χ1) is 13.6. The number of carbonyl (C=O) groups is 1. The number of rotatable bonds is 5. The average molecular weight is 433 g/mol. The zero-order valence-corrected chi connectivity index (χ0v) is 17.2. The molecule has 140 valence electrons. The first-order valence-corrected chi connectivity index (χ1v) is 10.1. The number of para-hydroxylation sites is 1. The van der Waals surface area contributed by atoms with Gasteiger partial charge in [-0.15, -0.1) is 0 Å². The van der Waals surface area contributed by atoms with Crippen molar-refractivity contribution in [3.63, 3.8) is 0 Å². The maximum atomic E-state index is 13.6. The molecule has 1 unspecified atom stereocenters. The lowest BCUT2D eigenvalue weighted by atomic mass is 10.1. The largest absolute Gasteiger partial charge is 0.335 e. The van der Waals surface area contributed by atoms with Crippen molar-refractivity contribution in [2.24, 2.45) is 0 Å². The van der Waals surface area contributed by atoms with E-state index in [0.717, 1.165) is 26.6 Å². The van der Waals surface area contributed by atoms with Crippen molar-refractivity contribution in [1.29, 1.82) is 0 Å². The summed E-state index contributed by atoms with van der Waals surface area (Å²) in [5.74, 6) is 0.0653. The number of carbonyl (C=O) groups excluding carboxylic acids is 1. The van der Waals surface area contributed by atoms with Crippen LogP contribution in [-0.2, 0) is 11.3 Å². The van der Waals surface area contributed by atoms with E-state index in [0.29, 0.717) is 6.54 Å². The van der Waals surface area contributed by atoms with Crippen LogP contribution in [0.2, 0.25) is 0 Å². The molecule has 0 bridgehead atoms. The van der Waals surface area contributed by atoms with Crippen LogP contribution >= 0.6 is 15.9 Å². The summed E-state index contributed by atoms with van der Waals surface area (Å²) in [7, 11) is 0. The molecule has 0 saturated carbocycles. The van der Waals surface area contributed by atoms with E-state index in [1.807, 2.05) is 89.3 Å². The molecule has 28 heavy (non-hydrogen) atoms. The zero-order chi connectivity index (χ0) is 19.5. The summed E-state index contributed by atoms with van der Waals surface area (Å²) >= 11 is 3.51. The Labute approximate surface area is 173 Å². The van der Waals surface area contributed by atoms with Gasteiger partial charge < -0.3 is 9.47 Å². The van der Waals surface area contributed by atoms with Crippen LogP contribution in [0.1, 0.15) is 18.5 Å². The van der Waals surface area contributed by atoms with E-state index in [1.165, 1.54) is 0 Å². The van der Waals surface area contributed by atoms with Gasteiger partial charge in [0.15, 0.2) is 0 Å². The van der Waals surface area contributed by atoms with Crippen LogP contribution in [0.3, 0.4) is 0 Å². The van der Waals surface area contributed by atoms with Gasteiger partial charge in [-0.05, 0) is 48.9 Å². The first-order valence-electron chi connectivity index (χ1n) is 9.30. The third-order valence-electron chi connectivity index (χ3n) is 4.97.